The molecule has 1 aromatic carbocycles. The van der Waals surface area contributed by atoms with Crippen molar-refractivity contribution < 1.29 is 38.3 Å². The second-order valence-electron chi connectivity index (χ2n) is 6.36. The number of hydrogen-bond donors (Lipinski definition) is 1. The molecule has 0 aliphatic carbocycles. The first kappa shape index (κ1) is 18.9. The van der Waals surface area contributed by atoms with E-state index in [0.717, 1.165) is 54.2 Å². The van der Waals surface area contributed by atoms with Crippen molar-refractivity contribution in [2.75, 3.05) is 39.9 Å². The van der Waals surface area contributed by atoms with Crippen molar-refractivity contribution >= 4 is 11.3 Å². The van der Waals surface area contributed by atoms with Crippen LogP contribution >= 0.6 is 11.3 Å². The lowest BCUT2D eigenvalue weighted by atomic mass is 9.88. The number of nitrogens with zero attached hydrogens (tertiary/aromatic N) is 1. The zero-order chi connectivity index (χ0) is 15.5. The van der Waals surface area contributed by atoms with Gasteiger partial charge in [-0.25, -0.2) is 0 Å². The summed E-state index contributed by atoms with van der Waals surface area (Å²) in [7, 11) is 2.27. The fourth-order valence-electron chi connectivity index (χ4n) is 3.08. The van der Waals surface area contributed by atoms with Gasteiger partial charge in [0, 0.05) is 11.3 Å². The highest BCUT2D eigenvalue weighted by Crippen LogP contribution is 2.36. The van der Waals surface area contributed by atoms with Crippen molar-refractivity contribution in [3.8, 4) is 0 Å². The number of quaternary nitrogens is 1. The Balaban J connectivity index is 0.00000192. The van der Waals surface area contributed by atoms with Gasteiger partial charge in [0.1, 0.15) is 18.7 Å². The van der Waals surface area contributed by atoms with E-state index in [9.17, 15) is 5.11 Å². The fraction of sp³-hybridized carbons (Fsp3) is 0.444. The SMILES string of the molecule is C[N+]1(CC[C@@](O)(c2ccccc2)c2cccs2)CCOCC1.[I-]. The minimum absolute atomic E-state index is 0. The molecule has 1 aliphatic rings. The molecule has 0 amide bonds. The van der Waals surface area contributed by atoms with Crippen LogP contribution in [0.25, 0.3) is 0 Å². The second kappa shape index (κ2) is 8.07. The first-order valence-electron chi connectivity index (χ1n) is 7.86. The highest BCUT2D eigenvalue weighted by molar-refractivity contribution is 7.10. The molecule has 1 aliphatic heterocycles. The molecule has 0 spiro atoms. The van der Waals surface area contributed by atoms with Crippen LogP contribution in [0.2, 0.25) is 0 Å². The number of hydrogen-bond acceptors (Lipinski definition) is 3. The van der Waals surface area contributed by atoms with Crippen molar-refractivity contribution in [2.24, 2.45) is 0 Å². The van der Waals surface area contributed by atoms with Gasteiger partial charge < -0.3 is 38.3 Å². The molecule has 3 nitrogen and oxygen atoms in total. The van der Waals surface area contributed by atoms with Crippen LogP contribution in [0, 0.1) is 0 Å². The first-order valence-corrected chi connectivity index (χ1v) is 8.74. The molecule has 0 saturated carbocycles. The maximum absolute atomic E-state index is 11.5. The number of likely N-dealkylation sites (N-methyl/N-ethyl adjacent to an activating group) is 1. The summed E-state index contributed by atoms with van der Waals surface area (Å²) in [4.78, 5) is 1.03. The average molecular weight is 445 g/mol. The van der Waals surface area contributed by atoms with E-state index in [1.54, 1.807) is 11.3 Å². The minimum Gasteiger partial charge on any atom is -1.00 e. The third-order valence-electron chi connectivity index (χ3n) is 4.74. The summed E-state index contributed by atoms with van der Waals surface area (Å²) < 4.78 is 6.45. The molecule has 0 radical (unpaired) electrons. The summed E-state index contributed by atoms with van der Waals surface area (Å²) in [6, 6.07) is 14.1. The van der Waals surface area contributed by atoms with E-state index in [0.29, 0.717) is 0 Å². The van der Waals surface area contributed by atoms with Crippen molar-refractivity contribution in [3.05, 3.63) is 58.3 Å². The quantitative estimate of drug-likeness (QED) is 0.513. The van der Waals surface area contributed by atoms with Crippen LogP contribution in [0.15, 0.2) is 47.8 Å². The Morgan fingerprint density at radius 1 is 1.13 bits per heavy atom. The molecule has 1 atom stereocenters. The Morgan fingerprint density at radius 3 is 2.43 bits per heavy atom. The zero-order valence-corrected chi connectivity index (χ0v) is 16.4. The van der Waals surface area contributed by atoms with Crippen LogP contribution in [0.4, 0.5) is 0 Å². The standard InChI is InChI=1S/C18H24NO2S.HI/c1-19(11-13-21-14-12-19)10-9-18(20,17-8-5-15-22-17)16-6-3-2-4-7-16;/h2-8,15,20H,9-14H2,1H3;1H/q+1;/p-1/t18-;/m1./s1. The Bertz CT molecular complexity index is 584. The van der Waals surface area contributed by atoms with E-state index in [1.165, 1.54) is 0 Å². The lowest BCUT2D eigenvalue weighted by Gasteiger charge is -2.40. The molecule has 0 unspecified atom stereocenters. The van der Waals surface area contributed by atoms with Gasteiger partial charge >= 0.3 is 0 Å². The summed E-state index contributed by atoms with van der Waals surface area (Å²) in [5.41, 5.74) is 0.0898. The molecular formula is C18H24INO2S. The Labute approximate surface area is 159 Å². The Hall–Kier alpha value is -0.470. The Morgan fingerprint density at radius 2 is 1.83 bits per heavy atom. The lowest BCUT2D eigenvalue weighted by Crippen LogP contribution is -3.00. The minimum atomic E-state index is -0.894. The normalized spacial score (nSPS) is 19.6. The predicted octanol–water partition coefficient (Wildman–Crippen LogP) is -0.145. The van der Waals surface area contributed by atoms with Gasteiger partial charge in [-0.1, -0.05) is 36.4 Å². The molecule has 23 heavy (non-hydrogen) atoms. The van der Waals surface area contributed by atoms with E-state index < -0.39 is 5.60 Å². The predicted molar refractivity (Wildman–Crippen MR) is 90.0 cm³/mol. The van der Waals surface area contributed by atoms with Crippen LogP contribution in [-0.4, -0.2) is 49.5 Å². The first-order chi connectivity index (χ1) is 10.6. The fourth-order valence-corrected chi connectivity index (χ4v) is 3.95. The number of thiophene rings is 1. The van der Waals surface area contributed by atoms with Crippen molar-refractivity contribution in [3.63, 3.8) is 0 Å². The monoisotopic (exact) mass is 445 g/mol. The maximum atomic E-state index is 11.5. The molecule has 2 aromatic rings. The third-order valence-corrected chi connectivity index (χ3v) is 5.77. The van der Waals surface area contributed by atoms with Gasteiger partial charge in [-0.05, 0) is 17.0 Å². The molecule has 0 bridgehead atoms. The number of halogens is 1. The molecule has 2 heterocycles. The van der Waals surface area contributed by atoms with E-state index in [2.05, 4.69) is 7.05 Å². The van der Waals surface area contributed by atoms with Crippen molar-refractivity contribution in [2.45, 2.75) is 12.0 Å². The van der Waals surface area contributed by atoms with Gasteiger partial charge in [0.15, 0.2) is 0 Å². The highest BCUT2D eigenvalue weighted by atomic mass is 127. The van der Waals surface area contributed by atoms with Crippen LogP contribution in [0.3, 0.4) is 0 Å². The van der Waals surface area contributed by atoms with Gasteiger partial charge in [0.2, 0.25) is 0 Å². The molecule has 1 saturated heterocycles. The zero-order valence-electron chi connectivity index (χ0n) is 13.5. The van der Waals surface area contributed by atoms with Gasteiger partial charge in [-0.15, -0.1) is 11.3 Å². The summed E-state index contributed by atoms with van der Waals surface area (Å²) >= 11 is 1.63. The second-order valence-corrected chi connectivity index (χ2v) is 7.30. The third kappa shape index (κ3) is 4.33. The molecule has 1 N–H and O–H groups in total. The smallest absolute Gasteiger partial charge is 0.129 e. The van der Waals surface area contributed by atoms with Crippen LogP contribution in [0.1, 0.15) is 16.9 Å². The molecule has 3 rings (SSSR count). The number of rotatable bonds is 5. The highest BCUT2D eigenvalue weighted by Gasteiger charge is 2.36. The van der Waals surface area contributed by atoms with Gasteiger partial charge in [-0.2, -0.15) is 0 Å². The molecule has 1 aromatic heterocycles. The summed E-state index contributed by atoms with van der Waals surface area (Å²) in [6.45, 7) is 4.63. The van der Waals surface area contributed by atoms with E-state index in [-0.39, 0.29) is 24.0 Å². The Kier molecular flexibility index (Phi) is 6.62. The van der Waals surface area contributed by atoms with E-state index >= 15 is 0 Å². The summed E-state index contributed by atoms with van der Waals surface area (Å²) in [5, 5.41) is 13.5. The number of morpholine rings is 1. The van der Waals surface area contributed by atoms with Crippen LogP contribution in [-0.2, 0) is 10.3 Å². The molecule has 1 fully saturated rings. The van der Waals surface area contributed by atoms with Gasteiger partial charge in [-0.3, -0.25) is 0 Å². The number of aliphatic hydroxyl groups is 1. The van der Waals surface area contributed by atoms with E-state index in [4.69, 9.17) is 4.74 Å². The van der Waals surface area contributed by atoms with E-state index in [1.807, 2.05) is 47.8 Å². The largest absolute Gasteiger partial charge is 1.00 e. The van der Waals surface area contributed by atoms with Crippen LogP contribution in [0.5, 0.6) is 0 Å². The number of ether oxygens (including phenoxy) is 1. The van der Waals surface area contributed by atoms with Gasteiger partial charge in [0.25, 0.3) is 0 Å². The topological polar surface area (TPSA) is 29.5 Å². The van der Waals surface area contributed by atoms with Crippen LogP contribution < -0.4 is 24.0 Å². The average Bonchev–Trinajstić information content (AvgIpc) is 3.09. The molecule has 126 valence electrons. The summed E-state index contributed by atoms with van der Waals surface area (Å²) in [6.07, 6.45) is 0.730. The van der Waals surface area contributed by atoms with Gasteiger partial charge in [0.05, 0.1) is 26.8 Å². The van der Waals surface area contributed by atoms with Crippen molar-refractivity contribution in [1.82, 2.24) is 0 Å². The summed E-state index contributed by atoms with van der Waals surface area (Å²) in [5.74, 6) is 0. The molecule has 5 heteroatoms. The lowest BCUT2D eigenvalue weighted by molar-refractivity contribution is -0.917. The number of benzene rings is 1. The maximum Gasteiger partial charge on any atom is 0.129 e. The van der Waals surface area contributed by atoms with Crippen molar-refractivity contribution in [1.29, 1.82) is 0 Å². The molecular weight excluding hydrogens is 421 g/mol.